The highest BCUT2D eigenvalue weighted by Crippen LogP contribution is 2.31. The van der Waals surface area contributed by atoms with Crippen molar-refractivity contribution in [3.05, 3.63) is 0 Å². The maximum Gasteiger partial charge on any atom is 0.157 e. The first-order valence-corrected chi connectivity index (χ1v) is 7.50. The summed E-state index contributed by atoms with van der Waals surface area (Å²) in [5.41, 5.74) is 0.262. The van der Waals surface area contributed by atoms with E-state index in [1.807, 2.05) is 11.8 Å². The van der Waals surface area contributed by atoms with Gasteiger partial charge in [-0.1, -0.05) is 11.8 Å². The number of rotatable bonds is 2. The van der Waals surface area contributed by atoms with Gasteiger partial charge in [-0.25, -0.2) is 0 Å². The number of aliphatic imine (C=N–C) groups is 1. The Kier molecular flexibility index (Phi) is 3.59. The summed E-state index contributed by atoms with van der Waals surface area (Å²) in [5, 5.41) is 4.72. The second-order valence-electron chi connectivity index (χ2n) is 5.09. The molecule has 17 heavy (non-hydrogen) atoms. The monoisotopic (exact) mass is 256 g/mol. The first-order chi connectivity index (χ1) is 8.36. The zero-order valence-corrected chi connectivity index (χ0v) is 10.9. The molecule has 3 aliphatic rings. The average Bonchev–Trinajstić information content (AvgIpc) is 2.98. The first-order valence-electron chi connectivity index (χ1n) is 6.51. The van der Waals surface area contributed by atoms with Gasteiger partial charge < -0.3 is 14.8 Å². The second kappa shape index (κ2) is 5.16. The molecule has 3 fully saturated rings. The van der Waals surface area contributed by atoms with Crippen molar-refractivity contribution in [1.29, 1.82) is 0 Å². The van der Waals surface area contributed by atoms with Crippen LogP contribution in [0.5, 0.6) is 0 Å². The normalized spacial score (nSPS) is 34.4. The summed E-state index contributed by atoms with van der Waals surface area (Å²) in [6.07, 6.45) is 4.94. The van der Waals surface area contributed by atoms with E-state index in [9.17, 15) is 0 Å². The van der Waals surface area contributed by atoms with Crippen molar-refractivity contribution in [1.82, 2.24) is 5.32 Å². The molecule has 4 nitrogen and oxygen atoms in total. The van der Waals surface area contributed by atoms with Gasteiger partial charge >= 0.3 is 0 Å². The van der Waals surface area contributed by atoms with Crippen LogP contribution in [-0.4, -0.2) is 48.9 Å². The Morgan fingerprint density at radius 2 is 2.24 bits per heavy atom. The molecule has 1 unspecified atom stereocenters. The molecule has 1 spiro atoms. The molecule has 3 rings (SSSR count). The third-order valence-electron chi connectivity index (χ3n) is 3.77. The quantitative estimate of drug-likeness (QED) is 0.811. The Labute approximate surface area is 107 Å². The van der Waals surface area contributed by atoms with Crippen molar-refractivity contribution in [3.63, 3.8) is 0 Å². The number of thioether (sulfide) groups is 1. The van der Waals surface area contributed by atoms with Crippen LogP contribution in [-0.2, 0) is 9.47 Å². The van der Waals surface area contributed by atoms with E-state index >= 15 is 0 Å². The highest BCUT2D eigenvalue weighted by molar-refractivity contribution is 8.14. The molecular formula is C12H20N2O2S. The van der Waals surface area contributed by atoms with Crippen LogP contribution in [0, 0.1) is 0 Å². The Bertz CT molecular complexity index is 297. The van der Waals surface area contributed by atoms with Gasteiger partial charge in [0.25, 0.3) is 0 Å². The van der Waals surface area contributed by atoms with E-state index in [0.717, 1.165) is 50.1 Å². The number of ether oxygens (including phenoxy) is 2. The highest BCUT2D eigenvalue weighted by atomic mass is 32.2. The van der Waals surface area contributed by atoms with Crippen LogP contribution < -0.4 is 5.32 Å². The van der Waals surface area contributed by atoms with E-state index < -0.39 is 0 Å². The van der Waals surface area contributed by atoms with E-state index in [2.05, 4.69) is 10.3 Å². The maximum absolute atomic E-state index is 5.59. The molecule has 1 N–H and O–H groups in total. The van der Waals surface area contributed by atoms with E-state index in [1.54, 1.807) is 0 Å². The first kappa shape index (κ1) is 11.8. The lowest BCUT2D eigenvalue weighted by molar-refractivity contribution is 0.0555. The van der Waals surface area contributed by atoms with Gasteiger partial charge in [-0.15, -0.1) is 0 Å². The lowest BCUT2D eigenvalue weighted by Crippen LogP contribution is -2.48. The summed E-state index contributed by atoms with van der Waals surface area (Å²) < 4.78 is 11.0. The molecule has 0 bridgehead atoms. The minimum Gasteiger partial charge on any atom is -0.381 e. The standard InChI is InChI=1S/C12H20N2O2S/c1-2-10(16-5-1)8-13-11-14-12(9-17-11)3-6-15-7-4-12/h10H,1-9H2,(H,13,14). The lowest BCUT2D eigenvalue weighted by Gasteiger charge is -2.32. The third kappa shape index (κ3) is 2.77. The van der Waals surface area contributed by atoms with Crippen LogP contribution in [0.3, 0.4) is 0 Å². The zero-order valence-electron chi connectivity index (χ0n) is 10.1. The molecule has 0 aromatic rings. The van der Waals surface area contributed by atoms with Crippen LogP contribution in [0.1, 0.15) is 25.7 Å². The number of hydrogen-bond donors (Lipinski definition) is 1. The lowest BCUT2D eigenvalue weighted by atomic mass is 9.93. The fourth-order valence-corrected chi connectivity index (χ4v) is 3.82. The molecule has 0 saturated carbocycles. The number of nitrogens with one attached hydrogen (secondary N) is 1. The SMILES string of the molecule is C1COC(CN=C2NC3(CCOCC3)CS2)C1. The minimum atomic E-state index is 0.262. The summed E-state index contributed by atoms with van der Waals surface area (Å²) in [4.78, 5) is 4.66. The molecule has 96 valence electrons. The summed E-state index contributed by atoms with van der Waals surface area (Å²) in [6, 6.07) is 0. The van der Waals surface area contributed by atoms with Crippen LogP contribution >= 0.6 is 11.8 Å². The average molecular weight is 256 g/mol. The summed E-state index contributed by atoms with van der Waals surface area (Å²) in [6.45, 7) is 3.50. The molecule has 0 aromatic heterocycles. The fourth-order valence-electron chi connectivity index (χ4n) is 2.60. The fraction of sp³-hybridized carbons (Fsp3) is 0.917. The summed E-state index contributed by atoms with van der Waals surface area (Å²) in [5.74, 6) is 1.14. The van der Waals surface area contributed by atoms with E-state index in [1.165, 1.54) is 12.8 Å². The van der Waals surface area contributed by atoms with Gasteiger partial charge in [-0.2, -0.15) is 0 Å². The Morgan fingerprint density at radius 1 is 1.35 bits per heavy atom. The van der Waals surface area contributed by atoms with Crippen molar-refractivity contribution < 1.29 is 9.47 Å². The Hall–Kier alpha value is -0.260. The molecule has 0 amide bonds. The van der Waals surface area contributed by atoms with Gasteiger partial charge in [0.05, 0.1) is 18.2 Å². The molecule has 0 aromatic carbocycles. The van der Waals surface area contributed by atoms with Gasteiger partial charge in [0.15, 0.2) is 5.17 Å². The van der Waals surface area contributed by atoms with Gasteiger partial charge in [-0.05, 0) is 25.7 Å². The number of hydrogen-bond acceptors (Lipinski definition) is 4. The van der Waals surface area contributed by atoms with Gasteiger partial charge in [0, 0.05) is 25.6 Å². The van der Waals surface area contributed by atoms with Crippen LogP contribution in [0.25, 0.3) is 0 Å². The molecule has 3 saturated heterocycles. The number of nitrogens with zero attached hydrogens (tertiary/aromatic N) is 1. The van der Waals surface area contributed by atoms with Crippen molar-refractivity contribution in [2.45, 2.75) is 37.3 Å². The predicted molar refractivity (Wildman–Crippen MR) is 69.7 cm³/mol. The Balaban J connectivity index is 1.53. The highest BCUT2D eigenvalue weighted by Gasteiger charge is 2.38. The number of amidine groups is 1. The molecule has 5 heteroatoms. The van der Waals surface area contributed by atoms with Crippen molar-refractivity contribution in [2.75, 3.05) is 32.1 Å². The van der Waals surface area contributed by atoms with Crippen molar-refractivity contribution >= 4 is 16.9 Å². The molecule has 0 aliphatic carbocycles. The third-order valence-corrected chi connectivity index (χ3v) is 4.97. The van der Waals surface area contributed by atoms with Gasteiger partial charge in [0.2, 0.25) is 0 Å². The zero-order chi connectivity index (χ0) is 11.6. The van der Waals surface area contributed by atoms with Crippen molar-refractivity contribution in [3.8, 4) is 0 Å². The summed E-state index contributed by atoms with van der Waals surface area (Å²) >= 11 is 1.86. The molecule has 3 heterocycles. The van der Waals surface area contributed by atoms with Crippen LogP contribution in [0.4, 0.5) is 0 Å². The second-order valence-corrected chi connectivity index (χ2v) is 6.05. The summed E-state index contributed by atoms with van der Waals surface area (Å²) in [7, 11) is 0. The molecular weight excluding hydrogens is 236 g/mol. The maximum atomic E-state index is 5.59. The largest absolute Gasteiger partial charge is 0.381 e. The minimum absolute atomic E-state index is 0.262. The van der Waals surface area contributed by atoms with Gasteiger partial charge in [-0.3, -0.25) is 4.99 Å². The molecule has 3 aliphatic heterocycles. The van der Waals surface area contributed by atoms with E-state index in [-0.39, 0.29) is 5.54 Å². The predicted octanol–water partition coefficient (Wildman–Crippen LogP) is 1.41. The van der Waals surface area contributed by atoms with Crippen LogP contribution in [0.2, 0.25) is 0 Å². The van der Waals surface area contributed by atoms with Crippen molar-refractivity contribution in [2.24, 2.45) is 4.99 Å². The topological polar surface area (TPSA) is 42.8 Å². The Morgan fingerprint density at radius 3 is 3.00 bits per heavy atom. The molecule has 0 radical (unpaired) electrons. The smallest absolute Gasteiger partial charge is 0.157 e. The van der Waals surface area contributed by atoms with E-state index in [0.29, 0.717) is 6.10 Å². The van der Waals surface area contributed by atoms with E-state index in [4.69, 9.17) is 9.47 Å². The van der Waals surface area contributed by atoms with Gasteiger partial charge in [0.1, 0.15) is 0 Å². The van der Waals surface area contributed by atoms with Crippen LogP contribution in [0.15, 0.2) is 4.99 Å². The molecule has 1 atom stereocenters.